The molecule has 0 spiro atoms. The van der Waals surface area contributed by atoms with E-state index in [4.69, 9.17) is 12.2 Å². The van der Waals surface area contributed by atoms with Crippen molar-refractivity contribution in [2.24, 2.45) is 0 Å². The molecule has 1 saturated heterocycles. The van der Waals surface area contributed by atoms with E-state index in [2.05, 4.69) is 42.2 Å². The van der Waals surface area contributed by atoms with Crippen LogP contribution in [0.5, 0.6) is 5.75 Å². The summed E-state index contributed by atoms with van der Waals surface area (Å²) in [4.78, 5) is 16.9. The van der Waals surface area contributed by atoms with Gasteiger partial charge in [-0.25, -0.2) is 0 Å². The number of phenolic OH excluding ortho intramolecular Hbond substituents is 1. The molecule has 1 aromatic heterocycles. The highest BCUT2D eigenvalue weighted by Crippen LogP contribution is 2.42. The minimum absolute atomic E-state index is 0.127. The molecule has 0 saturated carbocycles. The Kier molecular flexibility index (Phi) is 6.34. The van der Waals surface area contributed by atoms with Gasteiger partial charge >= 0.3 is 0 Å². The number of aromatic hydroxyl groups is 1. The lowest BCUT2D eigenvalue weighted by molar-refractivity contribution is -0.130. The first-order valence-corrected chi connectivity index (χ1v) is 12.5. The van der Waals surface area contributed by atoms with E-state index in [1.807, 2.05) is 11.0 Å². The SMILES string of the molecule is CC(=O)N1CCN(Cc2cc(-c3ssc(=S)c3-c3ccc(C)cc3)ccc2O)CC1. The van der Waals surface area contributed by atoms with Crippen molar-refractivity contribution in [3.05, 3.63) is 57.4 Å². The van der Waals surface area contributed by atoms with Crippen molar-refractivity contribution in [1.82, 2.24) is 9.80 Å². The predicted octanol–water partition coefficient (Wildman–Crippen LogP) is 5.55. The quantitative estimate of drug-likeness (QED) is 0.413. The van der Waals surface area contributed by atoms with E-state index in [0.29, 0.717) is 12.3 Å². The Balaban J connectivity index is 1.61. The molecule has 0 radical (unpaired) electrons. The van der Waals surface area contributed by atoms with Crippen LogP contribution in [0.2, 0.25) is 0 Å². The number of rotatable bonds is 4. The fourth-order valence-electron chi connectivity index (χ4n) is 3.73. The maximum Gasteiger partial charge on any atom is 0.219 e. The number of nitrogens with zero attached hydrogens (tertiary/aromatic N) is 2. The zero-order valence-electron chi connectivity index (χ0n) is 17.1. The van der Waals surface area contributed by atoms with Crippen molar-refractivity contribution in [3.8, 4) is 27.3 Å². The first kappa shape index (κ1) is 21.2. The van der Waals surface area contributed by atoms with Crippen LogP contribution in [0.4, 0.5) is 0 Å². The van der Waals surface area contributed by atoms with Crippen LogP contribution in [-0.2, 0) is 11.3 Å². The van der Waals surface area contributed by atoms with Crippen LogP contribution in [0.3, 0.4) is 0 Å². The van der Waals surface area contributed by atoms with Crippen molar-refractivity contribution in [2.45, 2.75) is 20.4 Å². The van der Waals surface area contributed by atoms with Gasteiger partial charge in [0.1, 0.15) is 9.57 Å². The Morgan fingerprint density at radius 1 is 1.03 bits per heavy atom. The number of hydrogen-bond donors (Lipinski definition) is 1. The Morgan fingerprint density at radius 2 is 1.70 bits per heavy atom. The first-order valence-electron chi connectivity index (χ1n) is 9.92. The van der Waals surface area contributed by atoms with Crippen LogP contribution in [0.1, 0.15) is 18.1 Å². The van der Waals surface area contributed by atoms with Crippen LogP contribution < -0.4 is 0 Å². The molecule has 1 aliphatic heterocycles. The summed E-state index contributed by atoms with van der Waals surface area (Å²) in [5, 5.41) is 10.5. The molecular formula is C23H24N2O2S3. The predicted molar refractivity (Wildman–Crippen MR) is 128 cm³/mol. The van der Waals surface area contributed by atoms with Gasteiger partial charge in [0.05, 0.1) is 4.88 Å². The van der Waals surface area contributed by atoms with E-state index >= 15 is 0 Å². The zero-order valence-corrected chi connectivity index (χ0v) is 19.5. The second kappa shape index (κ2) is 8.98. The van der Waals surface area contributed by atoms with Gasteiger partial charge in [0.2, 0.25) is 5.91 Å². The molecule has 30 heavy (non-hydrogen) atoms. The fraction of sp³-hybridized carbons (Fsp3) is 0.304. The van der Waals surface area contributed by atoms with Crippen molar-refractivity contribution < 1.29 is 9.90 Å². The van der Waals surface area contributed by atoms with Gasteiger partial charge in [0.15, 0.2) is 0 Å². The Hall–Kier alpha value is -2.06. The van der Waals surface area contributed by atoms with Gasteiger partial charge in [-0.3, -0.25) is 9.69 Å². The minimum Gasteiger partial charge on any atom is -0.508 e. The minimum atomic E-state index is 0.127. The van der Waals surface area contributed by atoms with Gasteiger partial charge in [-0.15, -0.1) is 0 Å². The summed E-state index contributed by atoms with van der Waals surface area (Å²) >= 11 is 5.65. The monoisotopic (exact) mass is 456 g/mol. The standard InChI is InChI=1S/C23H24N2O2S3/c1-15-3-5-17(6-4-15)21-22(29-30-23(21)28)18-7-8-20(27)19(13-18)14-24-9-11-25(12-10-24)16(2)26/h3-8,13,27H,9-12,14H2,1-2H3. The van der Waals surface area contributed by atoms with E-state index in [1.165, 1.54) is 5.56 Å². The molecule has 0 bridgehead atoms. The van der Waals surface area contributed by atoms with E-state index < -0.39 is 0 Å². The van der Waals surface area contributed by atoms with Crippen LogP contribution in [0.15, 0.2) is 42.5 Å². The largest absolute Gasteiger partial charge is 0.508 e. The molecule has 1 amide bonds. The Morgan fingerprint density at radius 3 is 2.37 bits per heavy atom. The van der Waals surface area contributed by atoms with Gasteiger partial charge < -0.3 is 10.0 Å². The first-order chi connectivity index (χ1) is 14.4. The number of carbonyl (C=O) groups is 1. The highest BCUT2D eigenvalue weighted by Gasteiger charge is 2.20. The summed E-state index contributed by atoms with van der Waals surface area (Å²) in [6.45, 7) is 7.47. The molecule has 2 heterocycles. The van der Waals surface area contributed by atoms with Gasteiger partial charge in [0.25, 0.3) is 0 Å². The van der Waals surface area contributed by atoms with E-state index in [-0.39, 0.29) is 5.91 Å². The van der Waals surface area contributed by atoms with Crippen LogP contribution in [0, 0.1) is 10.7 Å². The van der Waals surface area contributed by atoms with Crippen molar-refractivity contribution in [2.75, 3.05) is 26.2 Å². The molecule has 1 aliphatic rings. The zero-order chi connectivity index (χ0) is 21.3. The molecule has 2 aromatic carbocycles. The number of phenols is 1. The maximum absolute atomic E-state index is 11.5. The lowest BCUT2D eigenvalue weighted by Crippen LogP contribution is -2.47. The van der Waals surface area contributed by atoms with E-state index in [1.54, 1.807) is 33.7 Å². The van der Waals surface area contributed by atoms with Gasteiger partial charge in [-0.1, -0.05) is 62.7 Å². The molecule has 156 valence electrons. The third kappa shape index (κ3) is 4.49. The topological polar surface area (TPSA) is 43.8 Å². The normalized spacial score (nSPS) is 14.8. The summed E-state index contributed by atoms with van der Waals surface area (Å²) < 4.78 is 0.897. The van der Waals surface area contributed by atoms with Crippen LogP contribution >= 0.6 is 32.9 Å². The molecule has 7 heteroatoms. The number of hydrogen-bond acceptors (Lipinski definition) is 6. The molecule has 0 atom stereocenters. The smallest absolute Gasteiger partial charge is 0.219 e. The molecular weight excluding hydrogens is 432 g/mol. The molecule has 4 nitrogen and oxygen atoms in total. The van der Waals surface area contributed by atoms with E-state index in [9.17, 15) is 9.90 Å². The summed E-state index contributed by atoms with van der Waals surface area (Å²) in [7, 11) is 3.31. The highest BCUT2D eigenvalue weighted by molar-refractivity contribution is 7.80. The Bertz CT molecular complexity index is 1110. The van der Waals surface area contributed by atoms with Crippen LogP contribution in [0.25, 0.3) is 21.6 Å². The molecule has 0 aliphatic carbocycles. The second-order valence-corrected chi connectivity index (χ2v) is 10.5. The summed E-state index contributed by atoms with van der Waals surface area (Å²) in [6.07, 6.45) is 0. The summed E-state index contributed by atoms with van der Waals surface area (Å²) in [5.41, 5.74) is 5.45. The molecule has 1 fully saturated rings. The lowest BCUT2D eigenvalue weighted by atomic mass is 10.0. The maximum atomic E-state index is 11.5. The fourth-order valence-corrected chi connectivity index (χ4v) is 6.64. The Labute approximate surface area is 189 Å². The molecule has 4 rings (SSSR count). The van der Waals surface area contributed by atoms with Crippen LogP contribution in [-0.4, -0.2) is 47.0 Å². The van der Waals surface area contributed by atoms with Gasteiger partial charge in [0, 0.05) is 50.8 Å². The second-order valence-electron chi connectivity index (χ2n) is 7.65. The number of benzene rings is 2. The highest BCUT2D eigenvalue weighted by atomic mass is 32.9. The lowest BCUT2D eigenvalue weighted by Gasteiger charge is -2.34. The number of aryl methyl sites for hydroxylation is 1. The third-order valence-corrected chi connectivity index (χ3v) is 8.59. The summed E-state index contributed by atoms with van der Waals surface area (Å²) in [6, 6.07) is 14.3. The molecule has 3 aromatic rings. The third-order valence-electron chi connectivity index (χ3n) is 5.53. The van der Waals surface area contributed by atoms with Crippen molar-refractivity contribution >= 4 is 38.8 Å². The van der Waals surface area contributed by atoms with Gasteiger partial charge in [-0.05, 0) is 36.2 Å². The number of piperazine rings is 1. The average Bonchev–Trinajstić information content (AvgIpc) is 3.12. The van der Waals surface area contributed by atoms with E-state index in [0.717, 1.165) is 57.1 Å². The van der Waals surface area contributed by atoms with Crippen molar-refractivity contribution in [3.63, 3.8) is 0 Å². The average molecular weight is 457 g/mol. The number of amides is 1. The molecule has 1 N–H and O–H groups in total. The number of carbonyl (C=O) groups excluding carboxylic acids is 1. The van der Waals surface area contributed by atoms with Gasteiger partial charge in [-0.2, -0.15) is 0 Å². The molecule has 0 unspecified atom stereocenters. The summed E-state index contributed by atoms with van der Waals surface area (Å²) in [5.74, 6) is 0.435. The van der Waals surface area contributed by atoms with Crippen molar-refractivity contribution in [1.29, 1.82) is 0 Å².